The molecule has 116 heavy (non-hydrogen) atoms. The molecule has 4 heteroatoms. The highest BCUT2D eigenvalue weighted by Gasteiger charge is 2.24. The van der Waals surface area contributed by atoms with Gasteiger partial charge in [-0.1, -0.05) is 370 Å². The monoisotopic (exact) mass is 1470 g/mol. The van der Waals surface area contributed by atoms with Crippen LogP contribution in [-0.2, 0) is 0 Å². The largest absolute Gasteiger partial charge is 0.309 e. The van der Waals surface area contributed by atoms with E-state index in [0.29, 0.717) is 0 Å². The van der Waals surface area contributed by atoms with Crippen molar-refractivity contribution in [3.05, 3.63) is 437 Å². The van der Waals surface area contributed by atoms with Crippen LogP contribution in [0.4, 0.5) is 0 Å². The number of fused-ring (bicyclic) bond motifs is 14. The molecule has 0 aliphatic rings. The molecule has 4 aromatic heterocycles. The maximum atomic E-state index is 5.25. The molecule has 0 saturated carbocycles. The molecule has 0 unspecified atom stereocenters. The molecule has 23 rings (SSSR count). The van der Waals surface area contributed by atoms with Gasteiger partial charge in [-0.3, -0.25) is 9.97 Å². The Balaban J connectivity index is 0.000000141. The molecule has 0 saturated heterocycles. The number of hydrogen-bond donors (Lipinski definition) is 0. The zero-order chi connectivity index (χ0) is 76.6. The summed E-state index contributed by atoms with van der Waals surface area (Å²) >= 11 is 0. The van der Waals surface area contributed by atoms with Crippen LogP contribution in [0.15, 0.2) is 437 Å². The van der Waals surface area contributed by atoms with Crippen LogP contribution in [0.25, 0.3) is 220 Å². The molecular weight excluding hydrogens is 1400 g/mol. The van der Waals surface area contributed by atoms with E-state index in [1.807, 2.05) is 6.20 Å². The van der Waals surface area contributed by atoms with Crippen molar-refractivity contribution >= 4 is 108 Å². The lowest BCUT2D eigenvalue weighted by atomic mass is 9.86. The maximum absolute atomic E-state index is 5.25. The van der Waals surface area contributed by atoms with Crippen LogP contribution in [-0.4, -0.2) is 19.1 Å². The first-order valence-corrected chi connectivity index (χ1v) is 39.8. The van der Waals surface area contributed by atoms with Crippen LogP contribution < -0.4 is 0 Å². The summed E-state index contributed by atoms with van der Waals surface area (Å²) in [6.45, 7) is 0. The number of benzene rings is 19. The fourth-order valence-electron chi connectivity index (χ4n) is 18.4. The Morgan fingerprint density at radius 2 is 0.500 bits per heavy atom. The Bertz CT molecular complexity index is 7610. The third-order valence-corrected chi connectivity index (χ3v) is 23.7. The first-order valence-electron chi connectivity index (χ1n) is 39.8. The quantitative estimate of drug-likeness (QED) is 0.121. The van der Waals surface area contributed by atoms with Crippen LogP contribution >= 0.6 is 0 Å². The van der Waals surface area contributed by atoms with Crippen LogP contribution in [0.1, 0.15) is 0 Å². The van der Waals surface area contributed by atoms with Crippen LogP contribution in [0, 0.1) is 0 Å². The number of nitrogens with zero attached hydrogens (tertiary/aromatic N) is 4. The predicted octanol–water partition coefficient (Wildman–Crippen LogP) is 30.3. The van der Waals surface area contributed by atoms with E-state index in [2.05, 4.69) is 440 Å². The third kappa shape index (κ3) is 11.5. The van der Waals surface area contributed by atoms with Gasteiger partial charge in [0.2, 0.25) is 0 Å². The van der Waals surface area contributed by atoms with Crippen molar-refractivity contribution < 1.29 is 0 Å². The topological polar surface area (TPSA) is 35.6 Å². The average Bonchev–Trinajstić information content (AvgIpc) is 1.69. The second-order valence-electron chi connectivity index (χ2n) is 30.1. The van der Waals surface area contributed by atoms with Crippen molar-refractivity contribution in [2.24, 2.45) is 0 Å². The van der Waals surface area contributed by atoms with Crippen LogP contribution in [0.2, 0.25) is 0 Å². The minimum atomic E-state index is 0.951. The van der Waals surface area contributed by atoms with Gasteiger partial charge in [-0.05, 0) is 175 Å². The summed E-state index contributed by atoms with van der Waals surface area (Å²) in [5.74, 6) is 0. The van der Waals surface area contributed by atoms with Crippen LogP contribution in [0.3, 0.4) is 0 Å². The Hall–Kier alpha value is -15.4. The van der Waals surface area contributed by atoms with Gasteiger partial charge >= 0.3 is 0 Å². The van der Waals surface area contributed by atoms with Gasteiger partial charge in [0.15, 0.2) is 0 Å². The number of rotatable bonds is 11. The molecular formula is C112H72N4. The molecule has 4 nitrogen and oxygen atoms in total. The van der Waals surface area contributed by atoms with E-state index in [9.17, 15) is 0 Å². The first kappa shape index (κ1) is 67.5. The molecule has 19 aromatic carbocycles. The lowest BCUT2D eigenvalue weighted by Gasteiger charge is -2.18. The van der Waals surface area contributed by atoms with Crippen LogP contribution in [0.5, 0.6) is 0 Å². The van der Waals surface area contributed by atoms with Gasteiger partial charge in [0.05, 0.1) is 33.5 Å². The van der Waals surface area contributed by atoms with Gasteiger partial charge in [-0.15, -0.1) is 0 Å². The van der Waals surface area contributed by atoms with E-state index < -0.39 is 0 Å². The number of para-hydroxylation sites is 2. The minimum Gasteiger partial charge on any atom is -0.309 e. The van der Waals surface area contributed by atoms with E-state index in [1.54, 1.807) is 0 Å². The molecule has 0 aliphatic heterocycles. The fourth-order valence-corrected chi connectivity index (χ4v) is 18.4. The summed E-state index contributed by atoms with van der Waals surface area (Å²) in [5.41, 5.74) is 28.1. The summed E-state index contributed by atoms with van der Waals surface area (Å²) in [7, 11) is 0. The summed E-state index contributed by atoms with van der Waals surface area (Å²) in [5, 5.41) is 19.7. The van der Waals surface area contributed by atoms with Crippen molar-refractivity contribution in [3.63, 3.8) is 0 Å². The third-order valence-electron chi connectivity index (χ3n) is 23.7. The summed E-state index contributed by atoms with van der Waals surface area (Å²) in [6, 6.07) is 154. The van der Waals surface area contributed by atoms with Crippen molar-refractivity contribution in [1.29, 1.82) is 0 Å². The van der Waals surface area contributed by atoms with E-state index in [0.717, 1.165) is 45.0 Å². The number of aromatic nitrogens is 4. The van der Waals surface area contributed by atoms with Gasteiger partial charge < -0.3 is 9.13 Å². The molecule has 0 fully saturated rings. The highest BCUT2D eigenvalue weighted by atomic mass is 15.0. The molecule has 23 aromatic rings. The molecule has 4 heterocycles. The molecule has 0 aliphatic carbocycles. The lowest BCUT2D eigenvalue weighted by Crippen LogP contribution is -1.94. The minimum absolute atomic E-state index is 0.951. The zero-order valence-electron chi connectivity index (χ0n) is 63.4. The van der Waals surface area contributed by atoms with E-state index in [4.69, 9.17) is 9.97 Å². The first-order chi connectivity index (χ1) is 57.6. The second kappa shape index (κ2) is 28.4. The molecule has 0 amide bonds. The zero-order valence-corrected chi connectivity index (χ0v) is 63.4. The second-order valence-corrected chi connectivity index (χ2v) is 30.1. The molecule has 0 spiro atoms. The highest BCUT2D eigenvalue weighted by molar-refractivity contribution is 6.25. The van der Waals surface area contributed by atoms with Crippen molar-refractivity contribution in [1.82, 2.24) is 19.1 Å². The number of hydrogen-bond acceptors (Lipinski definition) is 2. The smallest absolute Gasteiger partial charge is 0.0709 e. The highest BCUT2D eigenvalue weighted by Crippen LogP contribution is 2.49. The van der Waals surface area contributed by atoms with Gasteiger partial charge in [0.1, 0.15) is 0 Å². The fraction of sp³-hybridized carbons (Fsp3) is 0. The van der Waals surface area contributed by atoms with Crippen molar-refractivity contribution in [3.8, 4) is 112 Å². The lowest BCUT2D eigenvalue weighted by molar-refractivity contribution is 1.19. The van der Waals surface area contributed by atoms with E-state index in [1.165, 1.54) is 175 Å². The van der Waals surface area contributed by atoms with Gasteiger partial charge in [0, 0.05) is 78.3 Å². The Morgan fingerprint density at radius 1 is 0.172 bits per heavy atom. The standard InChI is InChI=1S/C59H38N2.C53H34N2/c1-3-13-39(14-4-1)40-25-29-44(30-26-40)57-49-19-9-11-21-51(49)58(52-22-12-10-20-50(52)57)46-32-35-55(60-38-46)43-27-23-41(24-28-43)45-33-36-56-54(37-45)53-34-31-42-15-7-8-18-48(42)59(53)61(56)47-16-5-2-6-17-47;1-3-14-35(15-4-1)36-26-28-38(29-27-36)50-42-20-9-11-22-44(42)51(45-23-12-10-21-43(45)50)39-31-33-48(54-34-39)46-24-13-25-49-52(46)47-32-30-37-16-7-8-19-41(37)53(47)55(49)40-17-5-2-6-18-40/h1-38H;1-34H. The predicted molar refractivity (Wildman–Crippen MR) is 491 cm³/mol. The Morgan fingerprint density at radius 3 is 0.940 bits per heavy atom. The maximum Gasteiger partial charge on any atom is 0.0709 e. The SMILES string of the molecule is c1ccc(-c2ccc(-c3c4ccccc4c(-c4ccc(-c5ccc(-c6ccc7c(c6)c6ccc8ccccc8c6n7-c6ccccc6)cc5)nc4)c4ccccc34)cc2)cc1.c1ccc(-c2ccc(-c3c4ccccc4c(-c4ccc(-c5cccc6c5c5ccc7ccccc7c5n6-c5ccccc5)nc4)c4ccccc34)cc2)cc1. The molecule has 0 bridgehead atoms. The Labute approximate surface area is 671 Å². The summed E-state index contributed by atoms with van der Waals surface area (Å²) in [4.78, 5) is 10.3. The van der Waals surface area contributed by atoms with Gasteiger partial charge in [-0.25, -0.2) is 0 Å². The average molecular weight is 1470 g/mol. The normalized spacial score (nSPS) is 11.6. The van der Waals surface area contributed by atoms with Gasteiger partial charge in [-0.2, -0.15) is 0 Å². The molecule has 540 valence electrons. The van der Waals surface area contributed by atoms with Crippen molar-refractivity contribution in [2.75, 3.05) is 0 Å². The van der Waals surface area contributed by atoms with Gasteiger partial charge in [0.25, 0.3) is 0 Å². The molecule has 0 atom stereocenters. The summed E-state index contributed by atoms with van der Waals surface area (Å²) < 4.78 is 4.83. The molecule has 0 N–H and O–H groups in total. The molecule has 0 radical (unpaired) electrons. The van der Waals surface area contributed by atoms with E-state index >= 15 is 0 Å². The van der Waals surface area contributed by atoms with E-state index in [-0.39, 0.29) is 0 Å². The van der Waals surface area contributed by atoms with Crippen molar-refractivity contribution in [2.45, 2.75) is 0 Å². The summed E-state index contributed by atoms with van der Waals surface area (Å²) in [6.07, 6.45) is 4.12. The number of pyridine rings is 2. The Kier molecular flexibility index (Phi) is 16.6.